The topological polar surface area (TPSA) is 102 Å². The molecule has 0 aromatic heterocycles. The van der Waals surface area contributed by atoms with Crippen molar-refractivity contribution in [3.05, 3.63) is 11.6 Å². The number of nitrogens with one attached hydrogen (secondary N) is 2. The minimum atomic E-state index is -0.626. The molecule has 3 fully saturated rings. The van der Waals surface area contributed by atoms with Gasteiger partial charge in [-0.1, -0.05) is 24.5 Å². The van der Waals surface area contributed by atoms with Gasteiger partial charge in [-0.05, 0) is 52.9 Å². The van der Waals surface area contributed by atoms with Crippen molar-refractivity contribution in [2.24, 2.45) is 5.92 Å². The lowest BCUT2D eigenvalue weighted by atomic mass is 9.68. The highest BCUT2D eigenvalue weighted by molar-refractivity contribution is 5.75. The molecule has 0 aromatic carbocycles. The van der Waals surface area contributed by atoms with Gasteiger partial charge in [0.05, 0.1) is 31.7 Å². The number of hydrogen-bond donors (Lipinski definition) is 2. The van der Waals surface area contributed by atoms with Crippen molar-refractivity contribution in [3.63, 3.8) is 0 Å². The summed E-state index contributed by atoms with van der Waals surface area (Å²) in [6.45, 7) is 7.46. The molecule has 200 valence electrons. The fourth-order valence-electron chi connectivity index (χ4n) is 5.45. The highest BCUT2D eigenvalue weighted by Crippen LogP contribution is 2.59. The minimum Gasteiger partial charge on any atom is -0.443 e. The molecule has 0 radical (unpaired) electrons. The van der Waals surface area contributed by atoms with Gasteiger partial charge >= 0.3 is 6.09 Å². The SMILES string of the molecule is COC1C(OC(=O)NCCCCCCNC(=O)CCF)CC[C@]2(CO2)C1[C@@]1(C)O[C@@H]1CC=C(C)C. The number of alkyl carbamates (subject to hydrolysis) is 1. The summed E-state index contributed by atoms with van der Waals surface area (Å²) in [6.07, 6.45) is 7.07. The monoisotopic (exact) mass is 498 g/mol. The first kappa shape index (κ1) is 27.9. The first-order valence-electron chi connectivity index (χ1n) is 13.0. The molecule has 2 aliphatic heterocycles. The highest BCUT2D eigenvalue weighted by atomic mass is 19.1. The number of amides is 2. The van der Waals surface area contributed by atoms with Crippen LogP contribution in [0.3, 0.4) is 0 Å². The first-order valence-corrected chi connectivity index (χ1v) is 13.0. The molecule has 2 heterocycles. The van der Waals surface area contributed by atoms with Crippen LogP contribution in [-0.4, -0.2) is 75.0 Å². The third-order valence-electron chi connectivity index (χ3n) is 7.51. The van der Waals surface area contributed by atoms with Crippen LogP contribution in [0.15, 0.2) is 11.6 Å². The van der Waals surface area contributed by atoms with Crippen LogP contribution in [0.1, 0.15) is 72.1 Å². The molecular weight excluding hydrogens is 455 g/mol. The second-order valence-corrected chi connectivity index (χ2v) is 10.5. The zero-order valence-corrected chi connectivity index (χ0v) is 21.7. The number of carbonyl (C=O) groups excluding carboxylic acids is 2. The van der Waals surface area contributed by atoms with E-state index < -0.39 is 12.8 Å². The molecule has 3 aliphatic rings. The first-order chi connectivity index (χ1) is 16.8. The maximum Gasteiger partial charge on any atom is 0.407 e. The summed E-state index contributed by atoms with van der Waals surface area (Å²) in [4.78, 5) is 23.7. The van der Waals surface area contributed by atoms with Crippen molar-refractivity contribution in [3.8, 4) is 0 Å². The van der Waals surface area contributed by atoms with Crippen LogP contribution in [0.4, 0.5) is 9.18 Å². The Morgan fingerprint density at radius 1 is 1.14 bits per heavy atom. The molecular formula is C26H43FN2O6. The van der Waals surface area contributed by atoms with Crippen LogP contribution in [0.5, 0.6) is 0 Å². The predicted molar refractivity (Wildman–Crippen MR) is 130 cm³/mol. The Morgan fingerprint density at radius 2 is 1.83 bits per heavy atom. The number of allylic oxidation sites excluding steroid dienone is 1. The Labute approximate surface area is 208 Å². The van der Waals surface area contributed by atoms with E-state index in [0.717, 1.165) is 38.5 Å². The second-order valence-electron chi connectivity index (χ2n) is 10.5. The van der Waals surface area contributed by atoms with Crippen molar-refractivity contribution >= 4 is 12.0 Å². The fraction of sp³-hybridized carbons (Fsp3) is 0.846. The second kappa shape index (κ2) is 12.5. The minimum absolute atomic E-state index is 0.00695. The largest absolute Gasteiger partial charge is 0.443 e. The number of carbonyl (C=O) groups is 2. The number of epoxide rings is 2. The number of rotatable bonds is 14. The molecule has 6 atom stereocenters. The average molecular weight is 499 g/mol. The lowest BCUT2D eigenvalue weighted by Gasteiger charge is -2.42. The number of ether oxygens (including phenoxy) is 4. The lowest BCUT2D eigenvalue weighted by Crippen LogP contribution is -2.56. The van der Waals surface area contributed by atoms with Gasteiger partial charge in [0.1, 0.15) is 23.4 Å². The molecule has 2 saturated heterocycles. The van der Waals surface area contributed by atoms with Crippen molar-refractivity contribution in [2.75, 3.05) is 33.5 Å². The highest BCUT2D eigenvalue weighted by Gasteiger charge is 2.72. The van der Waals surface area contributed by atoms with Gasteiger partial charge in [0, 0.05) is 20.2 Å². The molecule has 2 N–H and O–H groups in total. The molecule has 35 heavy (non-hydrogen) atoms. The van der Waals surface area contributed by atoms with Crippen molar-refractivity contribution in [2.45, 2.75) is 102 Å². The van der Waals surface area contributed by atoms with Crippen LogP contribution in [0.25, 0.3) is 0 Å². The quantitative estimate of drug-likeness (QED) is 0.214. The van der Waals surface area contributed by atoms with Crippen molar-refractivity contribution in [1.29, 1.82) is 0 Å². The molecule has 1 saturated carbocycles. The summed E-state index contributed by atoms with van der Waals surface area (Å²) in [5.74, 6) is -0.242. The standard InChI is InChI=1S/C26H43FN2O6/c1-18(2)9-10-20-25(3,35-20)23-22(32-4)19(11-13-26(23)17-33-26)34-24(31)29-16-8-6-5-7-15-28-21(30)12-14-27/h9,19-20,22-23H,5-8,10-17H2,1-4H3,(H,28,30)(H,29,31)/t19?,20-,22?,23?,25+,26+/m1/s1. The maximum absolute atomic E-state index is 12.5. The Kier molecular flexibility index (Phi) is 9.95. The Bertz CT molecular complexity index is 754. The molecule has 0 aromatic rings. The van der Waals surface area contributed by atoms with Crippen LogP contribution < -0.4 is 10.6 Å². The van der Waals surface area contributed by atoms with E-state index in [4.69, 9.17) is 18.9 Å². The molecule has 1 aliphatic carbocycles. The molecule has 3 rings (SSSR count). The predicted octanol–water partition coefficient (Wildman–Crippen LogP) is 3.83. The normalized spacial score (nSPS) is 33.2. The summed E-state index contributed by atoms with van der Waals surface area (Å²) >= 11 is 0. The lowest BCUT2D eigenvalue weighted by molar-refractivity contribution is -0.121. The van der Waals surface area contributed by atoms with Gasteiger partial charge < -0.3 is 29.6 Å². The molecule has 1 spiro atoms. The van der Waals surface area contributed by atoms with Gasteiger partial charge in [0.2, 0.25) is 5.91 Å². The summed E-state index contributed by atoms with van der Waals surface area (Å²) in [7, 11) is 1.67. The van der Waals surface area contributed by atoms with Gasteiger partial charge in [0.15, 0.2) is 0 Å². The van der Waals surface area contributed by atoms with Crippen molar-refractivity contribution < 1.29 is 32.9 Å². The van der Waals surface area contributed by atoms with Gasteiger partial charge in [-0.2, -0.15) is 0 Å². The Balaban J connectivity index is 1.40. The number of unbranched alkanes of at least 4 members (excludes halogenated alkanes) is 3. The zero-order chi connectivity index (χ0) is 25.5. The molecule has 3 unspecified atom stereocenters. The summed E-state index contributed by atoms with van der Waals surface area (Å²) < 4.78 is 36.0. The number of methoxy groups -OCH3 is 1. The fourth-order valence-corrected chi connectivity index (χ4v) is 5.45. The van der Waals surface area contributed by atoms with E-state index in [2.05, 4.69) is 37.5 Å². The van der Waals surface area contributed by atoms with E-state index in [9.17, 15) is 14.0 Å². The van der Waals surface area contributed by atoms with E-state index in [1.54, 1.807) is 7.11 Å². The third-order valence-corrected chi connectivity index (χ3v) is 7.51. The van der Waals surface area contributed by atoms with E-state index in [1.165, 1.54) is 5.57 Å². The number of halogens is 1. The van der Waals surface area contributed by atoms with Crippen LogP contribution >= 0.6 is 0 Å². The van der Waals surface area contributed by atoms with E-state index >= 15 is 0 Å². The smallest absolute Gasteiger partial charge is 0.407 e. The summed E-state index contributed by atoms with van der Waals surface area (Å²) in [5, 5.41) is 5.54. The summed E-state index contributed by atoms with van der Waals surface area (Å²) in [5.41, 5.74) is 0.675. The van der Waals surface area contributed by atoms with Crippen LogP contribution in [-0.2, 0) is 23.7 Å². The van der Waals surface area contributed by atoms with E-state index in [-0.39, 0.29) is 47.8 Å². The molecule has 2 amide bonds. The van der Waals surface area contributed by atoms with Gasteiger partial charge in [0.25, 0.3) is 0 Å². The molecule has 0 bridgehead atoms. The Hall–Kier alpha value is -1.71. The van der Waals surface area contributed by atoms with Crippen molar-refractivity contribution in [1.82, 2.24) is 10.6 Å². The third kappa shape index (κ3) is 7.40. The van der Waals surface area contributed by atoms with Gasteiger partial charge in [-0.3, -0.25) is 9.18 Å². The van der Waals surface area contributed by atoms with Crippen LogP contribution in [0.2, 0.25) is 0 Å². The molecule has 8 nitrogen and oxygen atoms in total. The van der Waals surface area contributed by atoms with Crippen LogP contribution in [0, 0.1) is 5.92 Å². The number of hydrogen-bond acceptors (Lipinski definition) is 6. The molecule has 9 heteroatoms. The van der Waals surface area contributed by atoms with Gasteiger partial charge in [-0.25, -0.2) is 4.79 Å². The van der Waals surface area contributed by atoms with Gasteiger partial charge in [-0.15, -0.1) is 0 Å². The van der Waals surface area contributed by atoms with E-state index in [1.807, 2.05) is 0 Å². The summed E-state index contributed by atoms with van der Waals surface area (Å²) in [6, 6.07) is 0. The zero-order valence-electron chi connectivity index (χ0n) is 21.7. The van der Waals surface area contributed by atoms with E-state index in [0.29, 0.717) is 26.1 Å². The number of alkyl halides is 1. The maximum atomic E-state index is 12.5. The average Bonchev–Trinajstić information content (AvgIpc) is 3.72. The Morgan fingerprint density at radius 3 is 2.43 bits per heavy atom.